The second-order valence-corrected chi connectivity index (χ2v) is 5.42. The van der Waals surface area contributed by atoms with E-state index in [0.29, 0.717) is 30.2 Å². The second-order valence-electron chi connectivity index (χ2n) is 5.42. The lowest BCUT2D eigenvalue weighted by Gasteiger charge is -2.07. The Kier molecular flexibility index (Phi) is 5.88. The van der Waals surface area contributed by atoms with Gasteiger partial charge in [0.2, 0.25) is 5.89 Å². The number of carbonyl (C=O) groups is 1. The molecule has 1 N–H and O–H groups in total. The first-order chi connectivity index (χ1) is 13.2. The van der Waals surface area contributed by atoms with Crippen molar-refractivity contribution in [2.45, 2.75) is 0 Å². The number of amides is 1. The number of aromatic nitrogens is 2. The van der Waals surface area contributed by atoms with Gasteiger partial charge in [-0.3, -0.25) is 4.79 Å². The van der Waals surface area contributed by atoms with E-state index in [-0.39, 0.29) is 11.8 Å². The summed E-state index contributed by atoms with van der Waals surface area (Å²) < 4.78 is 21.1. The SMILES string of the molecule is COc1ccc(OCCNC(=O)c2nnc(-c3ccc(OC)cc3)o2)cc1. The van der Waals surface area contributed by atoms with Crippen LogP contribution in [0.4, 0.5) is 0 Å². The normalized spacial score (nSPS) is 10.3. The van der Waals surface area contributed by atoms with Gasteiger partial charge in [-0.25, -0.2) is 0 Å². The molecule has 1 heterocycles. The van der Waals surface area contributed by atoms with E-state index < -0.39 is 5.91 Å². The third-order valence-corrected chi connectivity index (χ3v) is 3.67. The van der Waals surface area contributed by atoms with Gasteiger partial charge in [0.25, 0.3) is 0 Å². The van der Waals surface area contributed by atoms with Gasteiger partial charge in [0, 0.05) is 5.56 Å². The van der Waals surface area contributed by atoms with Crippen LogP contribution >= 0.6 is 0 Å². The number of rotatable bonds is 8. The van der Waals surface area contributed by atoms with E-state index in [4.69, 9.17) is 18.6 Å². The minimum atomic E-state index is -0.458. The van der Waals surface area contributed by atoms with Crippen molar-refractivity contribution in [3.63, 3.8) is 0 Å². The van der Waals surface area contributed by atoms with Crippen molar-refractivity contribution in [2.75, 3.05) is 27.4 Å². The fraction of sp³-hybridized carbons (Fsp3) is 0.211. The molecule has 140 valence electrons. The van der Waals surface area contributed by atoms with Crippen molar-refractivity contribution in [2.24, 2.45) is 0 Å². The molecule has 0 saturated carbocycles. The molecule has 27 heavy (non-hydrogen) atoms. The van der Waals surface area contributed by atoms with E-state index in [1.807, 2.05) is 0 Å². The van der Waals surface area contributed by atoms with Crippen molar-refractivity contribution < 1.29 is 23.4 Å². The monoisotopic (exact) mass is 369 g/mol. The molecule has 2 aromatic carbocycles. The lowest BCUT2D eigenvalue weighted by molar-refractivity contribution is 0.0913. The predicted molar refractivity (Wildman–Crippen MR) is 97.1 cm³/mol. The zero-order valence-corrected chi connectivity index (χ0v) is 15.0. The van der Waals surface area contributed by atoms with E-state index in [1.54, 1.807) is 62.8 Å². The number of nitrogens with zero attached hydrogens (tertiary/aromatic N) is 2. The van der Waals surface area contributed by atoms with Gasteiger partial charge in [0.1, 0.15) is 23.9 Å². The Morgan fingerprint density at radius 1 is 0.926 bits per heavy atom. The van der Waals surface area contributed by atoms with Crippen LogP contribution in [0.5, 0.6) is 17.2 Å². The predicted octanol–water partition coefficient (Wildman–Crippen LogP) is 2.56. The van der Waals surface area contributed by atoms with Crippen LogP contribution < -0.4 is 19.5 Å². The Balaban J connectivity index is 1.48. The molecule has 0 unspecified atom stereocenters. The summed E-state index contributed by atoms with van der Waals surface area (Å²) in [6.45, 7) is 0.600. The highest BCUT2D eigenvalue weighted by Gasteiger charge is 2.15. The molecule has 0 fully saturated rings. The van der Waals surface area contributed by atoms with E-state index in [9.17, 15) is 4.79 Å². The van der Waals surface area contributed by atoms with Gasteiger partial charge >= 0.3 is 11.8 Å². The largest absolute Gasteiger partial charge is 0.497 e. The van der Waals surface area contributed by atoms with Crippen LogP contribution in [0, 0.1) is 0 Å². The molecular formula is C19H19N3O5. The average Bonchev–Trinajstić information content (AvgIpc) is 3.22. The van der Waals surface area contributed by atoms with Crippen LogP contribution in [-0.2, 0) is 0 Å². The molecule has 0 saturated heterocycles. The van der Waals surface area contributed by atoms with E-state index in [1.165, 1.54) is 0 Å². The first-order valence-electron chi connectivity index (χ1n) is 8.22. The van der Waals surface area contributed by atoms with Crippen LogP contribution in [0.1, 0.15) is 10.7 Å². The van der Waals surface area contributed by atoms with Crippen molar-refractivity contribution in [3.8, 4) is 28.7 Å². The van der Waals surface area contributed by atoms with Gasteiger partial charge in [-0.1, -0.05) is 0 Å². The topological polar surface area (TPSA) is 95.7 Å². The minimum Gasteiger partial charge on any atom is -0.497 e. The quantitative estimate of drug-likeness (QED) is 0.610. The van der Waals surface area contributed by atoms with Crippen LogP contribution in [0.3, 0.4) is 0 Å². The summed E-state index contributed by atoms with van der Waals surface area (Å²) in [5.41, 5.74) is 0.699. The van der Waals surface area contributed by atoms with Gasteiger partial charge in [-0.05, 0) is 48.5 Å². The molecule has 0 aliphatic rings. The van der Waals surface area contributed by atoms with Crippen molar-refractivity contribution in [1.29, 1.82) is 0 Å². The summed E-state index contributed by atoms with van der Waals surface area (Å²) in [5, 5.41) is 10.3. The molecular weight excluding hydrogens is 350 g/mol. The number of ether oxygens (including phenoxy) is 3. The highest BCUT2D eigenvalue weighted by atomic mass is 16.5. The van der Waals surface area contributed by atoms with Crippen molar-refractivity contribution in [3.05, 3.63) is 54.4 Å². The first kappa shape index (κ1) is 18.2. The number of benzene rings is 2. The Hall–Kier alpha value is -3.55. The Labute approximate surface area is 156 Å². The fourth-order valence-corrected chi connectivity index (χ4v) is 2.25. The first-order valence-corrected chi connectivity index (χ1v) is 8.22. The Morgan fingerprint density at radius 2 is 1.52 bits per heavy atom. The van der Waals surface area contributed by atoms with Gasteiger partial charge in [0.05, 0.1) is 20.8 Å². The van der Waals surface area contributed by atoms with Crippen LogP contribution in [0.15, 0.2) is 52.9 Å². The fourth-order valence-electron chi connectivity index (χ4n) is 2.25. The highest BCUT2D eigenvalue weighted by Crippen LogP contribution is 2.21. The molecule has 0 aliphatic heterocycles. The van der Waals surface area contributed by atoms with Gasteiger partial charge in [-0.2, -0.15) is 0 Å². The summed E-state index contributed by atoms with van der Waals surface area (Å²) in [4.78, 5) is 12.1. The summed E-state index contributed by atoms with van der Waals surface area (Å²) in [6, 6.07) is 14.3. The van der Waals surface area contributed by atoms with E-state index >= 15 is 0 Å². The summed E-state index contributed by atoms with van der Waals surface area (Å²) in [7, 11) is 3.19. The van der Waals surface area contributed by atoms with Crippen molar-refractivity contribution >= 4 is 5.91 Å². The third-order valence-electron chi connectivity index (χ3n) is 3.67. The highest BCUT2D eigenvalue weighted by molar-refractivity contribution is 5.89. The molecule has 0 radical (unpaired) electrons. The molecule has 8 heteroatoms. The molecule has 0 spiro atoms. The number of carbonyl (C=O) groups excluding carboxylic acids is 1. The second kappa shape index (κ2) is 8.70. The molecule has 0 aliphatic carbocycles. The van der Waals surface area contributed by atoms with Crippen LogP contribution in [-0.4, -0.2) is 43.5 Å². The maximum atomic E-state index is 12.1. The molecule has 0 atom stereocenters. The molecule has 1 amide bonds. The lowest BCUT2D eigenvalue weighted by atomic mass is 10.2. The Morgan fingerprint density at radius 3 is 2.15 bits per heavy atom. The summed E-state index contributed by atoms with van der Waals surface area (Å²) in [5.74, 6) is 1.85. The molecule has 3 rings (SSSR count). The number of hydrogen-bond acceptors (Lipinski definition) is 7. The van der Waals surface area contributed by atoms with Gasteiger partial charge in [-0.15, -0.1) is 10.2 Å². The number of nitrogens with one attached hydrogen (secondary N) is 1. The minimum absolute atomic E-state index is 0.106. The van der Waals surface area contributed by atoms with Crippen molar-refractivity contribution in [1.82, 2.24) is 15.5 Å². The molecule has 1 aromatic heterocycles. The lowest BCUT2D eigenvalue weighted by Crippen LogP contribution is -2.28. The average molecular weight is 369 g/mol. The smallest absolute Gasteiger partial charge is 0.308 e. The standard InChI is InChI=1S/C19H19N3O5/c1-24-14-5-3-13(4-6-14)18-21-22-19(27-18)17(23)20-11-12-26-16-9-7-15(25-2)8-10-16/h3-10H,11-12H2,1-2H3,(H,20,23). The maximum Gasteiger partial charge on any atom is 0.308 e. The van der Waals surface area contributed by atoms with Gasteiger partial charge in [0.15, 0.2) is 0 Å². The van der Waals surface area contributed by atoms with Crippen LogP contribution in [0.25, 0.3) is 11.5 Å². The molecule has 8 nitrogen and oxygen atoms in total. The number of hydrogen-bond donors (Lipinski definition) is 1. The Bertz CT molecular complexity index is 875. The third kappa shape index (κ3) is 4.75. The number of methoxy groups -OCH3 is 2. The molecule has 0 bridgehead atoms. The van der Waals surface area contributed by atoms with E-state index in [0.717, 1.165) is 5.75 Å². The van der Waals surface area contributed by atoms with E-state index in [2.05, 4.69) is 15.5 Å². The molecule has 3 aromatic rings. The van der Waals surface area contributed by atoms with Crippen LogP contribution in [0.2, 0.25) is 0 Å². The van der Waals surface area contributed by atoms with Gasteiger partial charge < -0.3 is 23.9 Å². The summed E-state index contributed by atoms with van der Waals surface area (Å²) >= 11 is 0. The summed E-state index contributed by atoms with van der Waals surface area (Å²) in [6.07, 6.45) is 0. The maximum absolute atomic E-state index is 12.1. The zero-order chi connectivity index (χ0) is 19.1. The zero-order valence-electron chi connectivity index (χ0n) is 15.0.